The number of halogens is 1. The first-order valence-electron chi connectivity index (χ1n) is 4.15. The van der Waals surface area contributed by atoms with E-state index in [0.29, 0.717) is 18.7 Å². The molecule has 0 saturated carbocycles. The molecule has 0 heterocycles. The molecule has 0 fully saturated rings. The lowest BCUT2D eigenvalue weighted by atomic mass is 10.2. The van der Waals surface area contributed by atoms with Gasteiger partial charge in [-0.3, -0.25) is 4.79 Å². The van der Waals surface area contributed by atoms with Crippen molar-refractivity contribution in [1.29, 1.82) is 0 Å². The summed E-state index contributed by atoms with van der Waals surface area (Å²) >= 11 is 0. The second kappa shape index (κ2) is 4.60. The monoisotopic (exact) mass is 197 g/mol. The Kier molecular flexibility index (Phi) is 3.45. The summed E-state index contributed by atoms with van der Waals surface area (Å²) in [6.07, 6.45) is 0.711. The highest BCUT2D eigenvalue weighted by molar-refractivity contribution is 5.47. The van der Waals surface area contributed by atoms with Crippen molar-refractivity contribution in [3.63, 3.8) is 0 Å². The highest BCUT2D eigenvalue weighted by Crippen LogP contribution is 2.20. The molecular formula is C10H12FNO2. The van der Waals surface area contributed by atoms with E-state index < -0.39 is 0 Å². The third-order valence-corrected chi connectivity index (χ3v) is 1.85. The lowest BCUT2D eigenvalue weighted by Crippen LogP contribution is -2.15. The van der Waals surface area contributed by atoms with Crippen molar-refractivity contribution in [3.8, 4) is 5.75 Å². The van der Waals surface area contributed by atoms with Crippen molar-refractivity contribution in [1.82, 2.24) is 4.90 Å². The molecule has 0 unspecified atom stereocenters. The highest BCUT2D eigenvalue weighted by Gasteiger charge is 2.05. The van der Waals surface area contributed by atoms with E-state index in [1.165, 1.54) is 24.1 Å². The van der Waals surface area contributed by atoms with Crippen LogP contribution in [0.2, 0.25) is 0 Å². The Hall–Kier alpha value is -1.58. The quantitative estimate of drug-likeness (QED) is 0.683. The van der Waals surface area contributed by atoms with Crippen LogP contribution >= 0.6 is 0 Å². The van der Waals surface area contributed by atoms with Crippen molar-refractivity contribution < 1.29 is 13.9 Å². The molecule has 0 aliphatic heterocycles. The van der Waals surface area contributed by atoms with E-state index in [1.807, 2.05) is 0 Å². The van der Waals surface area contributed by atoms with Gasteiger partial charge in [-0.25, -0.2) is 4.39 Å². The van der Waals surface area contributed by atoms with Crippen LogP contribution in [0, 0.1) is 5.82 Å². The molecule has 1 aromatic rings. The lowest BCUT2D eigenvalue weighted by Gasteiger charge is -2.13. The van der Waals surface area contributed by atoms with Gasteiger partial charge >= 0.3 is 0 Å². The molecule has 0 aromatic heterocycles. The summed E-state index contributed by atoms with van der Waals surface area (Å²) in [5, 5.41) is 0. The molecular weight excluding hydrogens is 185 g/mol. The molecule has 1 amide bonds. The lowest BCUT2D eigenvalue weighted by molar-refractivity contribution is -0.117. The van der Waals surface area contributed by atoms with Crippen molar-refractivity contribution in [2.24, 2.45) is 0 Å². The minimum atomic E-state index is -0.348. The molecule has 76 valence electrons. The Balaban J connectivity index is 2.90. The number of amides is 1. The molecule has 0 saturated heterocycles. The first-order chi connectivity index (χ1) is 6.67. The summed E-state index contributed by atoms with van der Waals surface area (Å²) in [5.74, 6) is 0.109. The molecule has 1 rings (SSSR count). The van der Waals surface area contributed by atoms with Gasteiger partial charge in [0.1, 0.15) is 11.6 Å². The molecule has 0 bridgehead atoms. The maximum atomic E-state index is 12.8. The SMILES string of the molecule is COc1cc(F)ccc1CN(C)C=O. The fraction of sp³-hybridized carbons (Fsp3) is 0.300. The number of carbonyl (C=O) groups is 1. The van der Waals surface area contributed by atoms with Gasteiger partial charge in [-0.15, -0.1) is 0 Å². The van der Waals surface area contributed by atoms with Crippen LogP contribution in [0.4, 0.5) is 4.39 Å². The van der Waals surface area contributed by atoms with Gasteiger partial charge < -0.3 is 9.64 Å². The average molecular weight is 197 g/mol. The molecule has 1 aromatic carbocycles. The van der Waals surface area contributed by atoms with Crippen molar-refractivity contribution >= 4 is 6.41 Å². The topological polar surface area (TPSA) is 29.5 Å². The first kappa shape index (κ1) is 10.5. The minimum Gasteiger partial charge on any atom is -0.496 e. The zero-order valence-corrected chi connectivity index (χ0v) is 8.16. The summed E-state index contributed by atoms with van der Waals surface area (Å²) in [5.41, 5.74) is 0.781. The van der Waals surface area contributed by atoms with Crippen LogP contribution in [0.1, 0.15) is 5.56 Å². The third-order valence-electron chi connectivity index (χ3n) is 1.85. The molecule has 0 aliphatic carbocycles. The van der Waals surface area contributed by atoms with E-state index >= 15 is 0 Å². The van der Waals surface area contributed by atoms with Gasteiger partial charge in [0.05, 0.1) is 7.11 Å². The van der Waals surface area contributed by atoms with Crippen LogP contribution in [-0.4, -0.2) is 25.5 Å². The second-order valence-electron chi connectivity index (χ2n) is 2.98. The Labute approximate surface area is 82.1 Å². The number of nitrogens with zero attached hydrogens (tertiary/aromatic N) is 1. The summed E-state index contributed by atoms with van der Waals surface area (Å²) in [6.45, 7) is 0.410. The molecule has 0 N–H and O–H groups in total. The zero-order chi connectivity index (χ0) is 10.6. The Bertz CT molecular complexity index is 328. The van der Waals surface area contributed by atoms with E-state index in [0.717, 1.165) is 5.56 Å². The molecule has 3 nitrogen and oxygen atoms in total. The summed E-state index contributed by atoms with van der Waals surface area (Å²) in [7, 11) is 3.12. The number of ether oxygens (including phenoxy) is 1. The maximum Gasteiger partial charge on any atom is 0.209 e. The fourth-order valence-electron chi connectivity index (χ4n) is 1.15. The van der Waals surface area contributed by atoms with Gasteiger partial charge in [-0.05, 0) is 6.07 Å². The predicted molar refractivity (Wildman–Crippen MR) is 50.5 cm³/mol. The minimum absolute atomic E-state index is 0.348. The summed E-state index contributed by atoms with van der Waals surface area (Å²) in [4.78, 5) is 11.8. The van der Waals surface area contributed by atoms with Crippen LogP contribution in [0.15, 0.2) is 18.2 Å². The maximum absolute atomic E-state index is 12.8. The van der Waals surface area contributed by atoms with Crippen molar-refractivity contribution in [2.75, 3.05) is 14.2 Å². The Morgan fingerprint density at radius 3 is 2.86 bits per heavy atom. The molecule has 0 aliphatic rings. The van der Waals surface area contributed by atoms with Gasteiger partial charge in [0.15, 0.2) is 0 Å². The number of rotatable bonds is 4. The van der Waals surface area contributed by atoms with Crippen LogP contribution < -0.4 is 4.74 Å². The molecule has 0 spiro atoms. The zero-order valence-electron chi connectivity index (χ0n) is 8.16. The molecule has 14 heavy (non-hydrogen) atoms. The van der Waals surface area contributed by atoms with E-state index in [4.69, 9.17) is 4.74 Å². The number of methoxy groups -OCH3 is 1. The smallest absolute Gasteiger partial charge is 0.209 e. The Morgan fingerprint density at radius 1 is 1.57 bits per heavy atom. The standard InChI is InChI=1S/C10H12FNO2/c1-12(7-13)6-8-3-4-9(11)5-10(8)14-2/h3-5,7H,6H2,1-2H3. The molecule has 0 radical (unpaired) electrons. The summed E-state index contributed by atoms with van der Waals surface area (Å²) < 4.78 is 17.8. The van der Waals surface area contributed by atoms with Gasteiger partial charge in [0.25, 0.3) is 0 Å². The van der Waals surface area contributed by atoms with Crippen LogP contribution in [0.25, 0.3) is 0 Å². The van der Waals surface area contributed by atoms with Gasteiger partial charge in [0.2, 0.25) is 6.41 Å². The largest absolute Gasteiger partial charge is 0.496 e. The van der Waals surface area contributed by atoms with E-state index in [9.17, 15) is 9.18 Å². The molecule has 0 atom stereocenters. The number of benzene rings is 1. The summed E-state index contributed by atoms with van der Waals surface area (Å²) in [6, 6.07) is 4.25. The average Bonchev–Trinajstić information content (AvgIpc) is 2.20. The van der Waals surface area contributed by atoms with Crippen LogP contribution in [-0.2, 0) is 11.3 Å². The first-order valence-corrected chi connectivity index (χ1v) is 4.15. The number of hydrogen-bond donors (Lipinski definition) is 0. The van der Waals surface area contributed by atoms with Gasteiger partial charge in [-0.2, -0.15) is 0 Å². The molecule has 4 heteroatoms. The van der Waals surface area contributed by atoms with Crippen LogP contribution in [0.5, 0.6) is 5.75 Å². The highest BCUT2D eigenvalue weighted by atomic mass is 19.1. The number of carbonyl (C=O) groups excluding carboxylic acids is 1. The second-order valence-corrected chi connectivity index (χ2v) is 2.98. The van der Waals surface area contributed by atoms with Gasteiger partial charge in [0, 0.05) is 25.2 Å². The predicted octanol–water partition coefficient (Wildman–Crippen LogP) is 1.42. The van der Waals surface area contributed by atoms with Crippen LogP contribution in [0.3, 0.4) is 0 Å². The van der Waals surface area contributed by atoms with Crippen molar-refractivity contribution in [2.45, 2.75) is 6.54 Å². The van der Waals surface area contributed by atoms with E-state index in [2.05, 4.69) is 0 Å². The van der Waals surface area contributed by atoms with E-state index in [-0.39, 0.29) is 5.82 Å². The Morgan fingerprint density at radius 2 is 2.29 bits per heavy atom. The fourth-order valence-corrected chi connectivity index (χ4v) is 1.15. The normalized spacial score (nSPS) is 9.64. The van der Waals surface area contributed by atoms with Gasteiger partial charge in [-0.1, -0.05) is 6.07 Å². The number of hydrogen-bond acceptors (Lipinski definition) is 2. The van der Waals surface area contributed by atoms with E-state index in [1.54, 1.807) is 13.1 Å². The third kappa shape index (κ3) is 2.45. The van der Waals surface area contributed by atoms with Crippen molar-refractivity contribution in [3.05, 3.63) is 29.6 Å².